The summed E-state index contributed by atoms with van der Waals surface area (Å²) in [6.45, 7) is 0.108. The number of benzene rings is 2. The number of amides is 1. The molecule has 3 rings (SSSR count). The van der Waals surface area contributed by atoms with E-state index in [1.807, 2.05) is 36.4 Å². The molecule has 0 radical (unpaired) electrons. The number of para-hydroxylation sites is 1. The van der Waals surface area contributed by atoms with Gasteiger partial charge in [-0.2, -0.15) is 0 Å². The maximum atomic E-state index is 12.3. The molecule has 2 aromatic carbocycles. The van der Waals surface area contributed by atoms with E-state index in [1.54, 1.807) is 30.5 Å². The maximum Gasteiger partial charge on any atom is 0.255 e. The number of rotatable bonds is 6. The van der Waals surface area contributed by atoms with Gasteiger partial charge in [-0.3, -0.25) is 4.79 Å². The highest BCUT2D eigenvalue weighted by molar-refractivity contribution is 5.96. The summed E-state index contributed by atoms with van der Waals surface area (Å²) in [5, 5.41) is 13.0. The summed E-state index contributed by atoms with van der Waals surface area (Å²) in [7, 11) is 1.52. The van der Waals surface area contributed by atoms with Crippen molar-refractivity contribution in [1.82, 2.24) is 5.32 Å². The summed E-state index contributed by atoms with van der Waals surface area (Å²) in [5.41, 5.74) is 2.08. The number of furan rings is 1. The maximum absolute atomic E-state index is 12.3. The predicted octanol–water partition coefficient (Wildman–Crippen LogP) is 3.42. The van der Waals surface area contributed by atoms with Gasteiger partial charge in [-0.15, -0.1) is 0 Å². The molecule has 1 heterocycles. The van der Waals surface area contributed by atoms with Crippen LogP contribution in [0, 0.1) is 0 Å². The van der Waals surface area contributed by atoms with Gasteiger partial charge in [-0.05, 0) is 29.8 Å². The molecule has 128 valence electrons. The average Bonchev–Trinajstić information content (AvgIpc) is 3.20. The molecule has 0 aliphatic carbocycles. The van der Waals surface area contributed by atoms with E-state index < -0.39 is 6.10 Å². The Kier molecular flexibility index (Phi) is 5.16. The van der Waals surface area contributed by atoms with Crippen molar-refractivity contribution in [1.29, 1.82) is 0 Å². The largest absolute Gasteiger partial charge is 0.496 e. The summed E-state index contributed by atoms with van der Waals surface area (Å²) in [6.07, 6.45) is 0.815. The molecule has 0 unspecified atom stereocenters. The molecule has 5 nitrogen and oxygen atoms in total. The van der Waals surface area contributed by atoms with Crippen molar-refractivity contribution < 1.29 is 19.1 Å². The van der Waals surface area contributed by atoms with Gasteiger partial charge in [0.25, 0.3) is 5.91 Å². The Labute approximate surface area is 145 Å². The summed E-state index contributed by atoms with van der Waals surface area (Å²) in [4.78, 5) is 12.3. The molecule has 0 bridgehead atoms. The van der Waals surface area contributed by atoms with Crippen LogP contribution in [0.1, 0.15) is 22.0 Å². The van der Waals surface area contributed by atoms with Gasteiger partial charge in [0.15, 0.2) is 0 Å². The molecule has 0 spiro atoms. The molecular weight excluding hydrogens is 318 g/mol. The van der Waals surface area contributed by atoms with Crippen molar-refractivity contribution in [3.8, 4) is 17.1 Å². The first kappa shape index (κ1) is 16.8. The summed E-state index contributed by atoms with van der Waals surface area (Å²) in [5.74, 6) is 0.978. The molecule has 5 heteroatoms. The molecule has 0 saturated carbocycles. The number of hydrogen-bond acceptors (Lipinski definition) is 4. The van der Waals surface area contributed by atoms with E-state index in [4.69, 9.17) is 9.15 Å². The standard InChI is InChI=1S/C20H19NO4/c1-24-19-6-3-2-5-16(19)20(23)21-13-17(22)14-8-10-15(11-9-14)18-7-4-12-25-18/h2-12,17,22H,13H2,1H3,(H,21,23)/t17-/m0/s1. The lowest BCUT2D eigenvalue weighted by Crippen LogP contribution is -2.28. The van der Waals surface area contributed by atoms with Crippen molar-refractivity contribution in [3.05, 3.63) is 78.1 Å². The van der Waals surface area contributed by atoms with Crippen LogP contribution in [0.25, 0.3) is 11.3 Å². The second-order valence-corrected chi connectivity index (χ2v) is 5.53. The number of aliphatic hydroxyl groups is 1. The number of ether oxygens (including phenoxy) is 1. The van der Waals surface area contributed by atoms with Crippen LogP contribution in [0.4, 0.5) is 0 Å². The molecule has 3 aromatic rings. The minimum atomic E-state index is -0.802. The molecule has 1 atom stereocenters. The number of carbonyl (C=O) groups excluding carboxylic acids is 1. The van der Waals surface area contributed by atoms with Crippen LogP contribution >= 0.6 is 0 Å². The normalized spacial score (nSPS) is 11.8. The fraction of sp³-hybridized carbons (Fsp3) is 0.150. The van der Waals surface area contributed by atoms with E-state index in [0.717, 1.165) is 16.9 Å². The lowest BCUT2D eigenvalue weighted by atomic mass is 10.1. The van der Waals surface area contributed by atoms with Gasteiger partial charge in [-0.25, -0.2) is 0 Å². The number of methoxy groups -OCH3 is 1. The van der Waals surface area contributed by atoms with Crippen molar-refractivity contribution in [3.63, 3.8) is 0 Å². The van der Waals surface area contributed by atoms with E-state index in [-0.39, 0.29) is 12.5 Å². The Morgan fingerprint density at radius 3 is 2.56 bits per heavy atom. The molecule has 1 amide bonds. The third-order valence-electron chi connectivity index (χ3n) is 3.91. The first-order valence-corrected chi connectivity index (χ1v) is 7.92. The molecule has 0 fully saturated rings. The second-order valence-electron chi connectivity index (χ2n) is 5.53. The Morgan fingerprint density at radius 1 is 1.12 bits per heavy atom. The van der Waals surface area contributed by atoms with Crippen LogP contribution in [0.5, 0.6) is 5.75 Å². The van der Waals surface area contributed by atoms with Crippen LogP contribution in [0.2, 0.25) is 0 Å². The highest BCUT2D eigenvalue weighted by Gasteiger charge is 2.14. The third-order valence-corrected chi connectivity index (χ3v) is 3.91. The van der Waals surface area contributed by atoms with Gasteiger partial charge < -0.3 is 19.6 Å². The Morgan fingerprint density at radius 2 is 1.88 bits per heavy atom. The van der Waals surface area contributed by atoms with Crippen molar-refractivity contribution >= 4 is 5.91 Å². The van der Waals surface area contributed by atoms with Crippen LogP contribution in [0.3, 0.4) is 0 Å². The second kappa shape index (κ2) is 7.68. The highest BCUT2D eigenvalue weighted by atomic mass is 16.5. The predicted molar refractivity (Wildman–Crippen MR) is 94.4 cm³/mol. The molecule has 0 aliphatic heterocycles. The zero-order chi connectivity index (χ0) is 17.6. The fourth-order valence-corrected chi connectivity index (χ4v) is 2.55. The van der Waals surface area contributed by atoms with E-state index in [9.17, 15) is 9.90 Å². The fourth-order valence-electron chi connectivity index (χ4n) is 2.55. The minimum Gasteiger partial charge on any atom is -0.496 e. The Hall–Kier alpha value is -3.05. The van der Waals surface area contributed by atoms with Gasteiger partial charge >= 0.3 is 0 Å². The highest BCUT2D eigenvalue weighted by Crippen LogP contribution is 2.22. The molecular formula is C20H19NO4. The van der Waals surface area contributed by atoms with E-state index in [0.29, 0.717) is 11.3 Å². The van der Waals surface area contributed by atoms with Crippen LogP contribution < -0.4 is 10.1 Å². The Balaban J connectivity index is 1.62. The van der Waals surface area contributed by atoms with Crippen molar-refractivity contribution in [2.75, 3.05) is 13.7 Å². The lowest BCUT2D eigenvalue weighted by Gasteiger charge is -2.14. The number of carbonyl (C=O) groups is 1. The van der Waals surface area contributed by atoms with E-state index >= 15 is 0 Å². The quantitative estimate of drug-likeness (QED) is 0.723. The third kappa shape index (κ3) is 3.89. The van der Waals surface area contributed by atoms with Crippen LogP contribution in [0.15, 0.2) is 71.3 Å². The minimum absolute atomic E-state index is 0.108. The van der Waals surface area contributed by atoms with Crippen LogP contribution in [-0.2, 0) is 0 Å². The zero-order valence-electron chi connectivity index (χ0n) is 13.8. The first-order valence-electron chi connectivity index (χ1n) is 7.92. The average molecular weight is 337 g/mol. The topological polar surface area (TPSA) is 71.7 Å². The van der Waals surface area contributed by atoms with E-state index in [2.05, 4.69) is 5.32 Å². The number of aliphatic hydroxyl groups excluding tert-OH is 1. The smallest absolute Gasteiger partial charge is 0.255 e. The van der Waals surface area contributed by atoms with Crippen molar-refractivity contribution in [2.24, 2.45) is 0 Å². The SMILES string of the molecule is COc1ccccc1C(=O)NC[C@H](O)c1ccc(-c2ccco2)cc1. The lowest BCUT2D eigenvalue weighted by molar-refractivity contribution is 0.0913. The van der Waals surface area contributed by atoms with Gasteiger partial charge in [0.2, 0.25) is 0 Å². The summed E-state index contributed by atoms with van der Waals surface area (Å²) < 4.78 is 10.5. The van der Waals surface area contributed by atoms with Gasteiger partial charge in [0.1, 0.15) is 11.5 Å². The first-order chi connectivity index (χ1) is 12.2. The summed E-state index contributed by atoms with van der Waals surface area (Å²) >= 11 is 0. The van der Waals surface area contributed by atoms with Crippen molar-refractivity contribution in [2.45, 2.75) is 6.10 Å². The van der Waals surface area contributed by atoms with Gasteiger partial charge in [0.05, 0.1) is 25.0 Å². The number of nitrogens with one attached hydrogen (secondary N) is 1. The van der Waals surface area contributed by atoms with E-state index in [1.165, 1.54) is 7.11 Å². The molecule has 25 heavy (non-hydrogen) atoms. The molecule has 0 saturated heterocycles. The zero-order valence-corrected chi connectivity index (χ0v) is 13.8. The monoisotopic (exact) mass is 337 g/mol. The molecule has 0 aliphatic rings. The number of hydrogen-bond donors (Lipinski definition) is 2. The van der Waals surface area contributed by atoms with Gasteiger partial charge in [-0.1, -0.05) is 36.4 Å². The van der Waals surface area contributed by atoms with Crippen LogP contribution in [-0.4, -0.2) is 24.7 Å². The van der Waals surface area contributed by atoms with Gasteiger partial charge in [0, 0.05) is 12.1 Å². The Bertz CT molecular complexity index is 825. The molecule has 1 aromatic heterocycles. The molecule has 2 N–H and O–H groups in total. The summed E-state index contributed by atoms with van der Waals surface area (Å²) in [6, 6.07) is 18.0.